The van der Waals surface area contributed by atoms with E-state index in [1.165, 1.54) is 19.3 Å². The molecule has 0 N–H and O–H groups in total. The van der Waals surface area contributed by atoms with Gasteiger partial charge >= 0.3 is 0 Å². The van der Waals surface area contributed by atoms with Crippen molar-refractivity contribution in [3.63, 3.8) is 0 Å². The molecule has 0 heterocycles. The lowest BCUT2D eigenvalue weighted by molar-refractivity contribution is -0.0490. The summed E-state index contributed by atoms with van der Waals surface area (Å²) >= 11 is 0. The van der Waals surface area contributed by atoms with Gasteiger partial charge in [-0.05, 0) is 90.9 Å². The third-order valence-electron chi connectivity index (χ3n) is 8.84. The molecule has 32 heavy (non-hydrogen) atoms. The van der Waals surface area contributed by atoms with E-state index < -0.39 is 10.1 Å². The highest BCUT2D eigenvalue weighted by Crippen LogP contribution is 2.63. The number of hydrogen-bond donors (Lipinski definition) is 0. The minimum absolute atomic E-state index is 0.131. The minimum atomic E-state index is -3.80. The fourth-order valence-corrected chi connectivity index (χ4v) is 7.97. The second kappa shape index (κ2) is 8.32. The highest BCUT2D eigenvalue weighted by atomic mass is 32.2. The van der Waals surface area contributed by atoms with E-state index >= 15 is 0 Å². The molecule has 2 saturated carbocycles. The lowest BCUT2D eigenvalue weighted by Gasteiger charge is -2.59. The molecule has 0 spiro atoms. The van der Waals surface area contributed by atoms with E-state index in [4.69, 9.17) is 8.92 Å². The second-order valence-corrected chi connectivity index (χ2v) is 12.7. The first kappa shape index (κ1) is 23.6. The Labute approximate surface area is 194 Å². The molecule has 2 fully saturated rings. The summed E-state index contributed by atoms with van der Waals surface area (Å²) in [5.41, 5.74) is 1.80. The van der Waals surface area contributed by atoms with Gasteiger partial charge in [0.25, 0.3) is 10.1 Å². The Morgan fingerprint density at radius 3 is 2.50 bits per heavy atom. The Hall–Kier alpha value is -1.59. The van der Waals surface area contributed by atoms with Gasteiger partial charge in [0.05, 0.1) is 18.6 Å². The van der Waals surface area contributed by atoms with E-state index in [0.717, 1.165) is 25.7 Å². The van der Waals surface area contributed by atoms with Crippen molar-refractivity contribution in [3.05, 3.63) is 48.6 Å². The highest BCUT2D eigenvalue weighted by Gasteiger charge is 2.55. The summed E-state index contributed by atoms with van der Waals surface area (Å²) in [6, 6.07) is 6.42. The summed E-state index contributed by atoms with van der Waals surface area (Å²) in [6.45, 7) is 11.3. The van der Waals surface area contributed by atoms with E-state index in [-0.39, 0.29) is 27.7 Å². The molecule has 0 aromatic heterocycles. The summed E-state index contributed by atoms with van der Waals surface area (Å²) in [7, 11) is -2.24. The second-order valence-electron chi connectivity index (χ2n) is 11.1. The Morgan fingerprint density at radius 1 is 1.12 bits per heavy atom. The number of benzene rings is 1. The predicted molar refractivity (Wildman–Crippen MR) is 128 cm³/mol. The molecule has 0 aliphatic heterocycles. The zero-order valence-corrected chi connectivity index (χ0v) is 20.8. The summed E-state index contributed by atoms with van der Waals surface area (Å²) < 4.78 is 36.7. The van der Waals surface area contributed by atoms with E-state index in [1.54, 1.807) is 36.9 Å². The molecule has 5 heteroatoms. The zero-order chi connectivity index (χ0) is 23.2. The fourth-order valence-electron chi connectivity index (χ4n) is 6.94. The van der Waals surface area contributed by atoms with Gasteiger partial charge in [0, 0.05) is 0 Å². The third-order valence-corrected chi connectivity index (χ3v) is 10.1. The summed E-state index contributed by atoms with van der Waals surface area (Å²) in [5, 5.41) is 0. The summed E-state index contributed by atoms with van der Waals surface area (Å²) in [5.74, 6) is 1.69. The van der Waals surface area contributed by atoms with Crippen LogP contribution in [0.4, 0.5) is 0 Å². The van der Waals surface area contributed by atoms with Crippen molar-refractivity contribution in [1.29, 1.82) is 0 Å². The SMILES string of the molecule is C=C[C@]1(C)CC=C2C(CCC3[C@@](C)(COS(=O)(=O)c4ccc(OC)cc4)CCC[C@]23C)C1. The van der Waals surface area contributed by atoms with Gasteiger partial charge in [-0.3, -0.25) is 4.18 Å². The van der Waals surface area contributed by atoms with Crippen molar-refractivity contribution in [1.82, 2.24) is 0 Å². The Morgan fingerprint density at radius 2 is 1.84 bits per heavy atom. The fraction of sp³-hybridized carbons (Fsp3) is 0.630. The molecule has 3 aliphatic rings. The number of allylic oxidation sites excluding steroid dienone is 3. The van der Waals surface area contributed by atoms with Gasteiger partial charge in [-0.2, -0.15) is 8.42 Å². The molecule has 4 rings (SSSR count). The Bertz CT molecular complexity index is 995. The molecule has 0 amide bonds. The first-order valence-corrected chi connectivity index (χ1v) is 13.3. The van der Waals surface area contributed by atoms with Crippen LogP contribution in [0.5, 0.6) is 5.75 Å². The molecular weight excluding hydrogens is 420 g/mol. The van der Waals surface area contributed by atoms with Crippen LogP contribution in [0.2, 0.25) is 0 Å². The normalized spacial score (nSPS) is 37.1. The maximum absolute atomic E-state index is 12.9. The first-order valence-electron chi connectivity index (χ1n) is 11.9. The van der Waals surface area contributed by atoms with Gasteiger partial charge < -0.3 is 4.74 Å². The number of rotatable bonds is 6. The molecule has 4 nitrogen and oxygen atoms in total. The minimum Gasteiger partial charge on any atom is -0.497 e. The van der Waals surface area contributed by atoms with Crippen molar-refractivity contribution in [2.75, 3.05) is 13.7 Å². The molecule has 0 radical (unpaired) electrons. The van der Waals surface area contributed by atoms with Crippen molar-refractivity contribution < 1.29 is 17.3 Å². The maximum Gasteiger partial charge on any atom is 0.296 e. The maximum atomic E-state index is 12.9. The number of fused-ring (bicyclic) bond motifs is 3. The van der Waals surface area contributed by atoms with E-state index in [2.05, 4.69) is 39.5 Å². The quantitative estimate of drug-likeness (QED) is 0.359. The van der Waals surface area contributed by atoms with Crippen molar-refractivity contribution in [3.8, 4) is 5.75 Å². The molecule has 5 atom stereocenters. The zero-order valence-electron chi connectivity index (χ0n) is 20.0. The van der Waals surface area contributed by atoms with Crippen LogP contribution in [0.15, 0.2) is 53.5 Å². The number of hydrogen-bond acceptors (Lipinski definition) is 4. The summed E-state index contributed by atoms with van der Waals surface area (Å²) in [4.78, 5) is 0.183. The molecule has 1 aromatic rings. The van der Waals surface area contributed by atoms with Gasteiger partial charge in [0.15, 0.2) is 0 Å². The molecule has 3 aliphatic carbocycles. The van der Waals surface area contributed by atoms with E-state index in [1.807, 2.05) is 0 Å². The molecular formula is C27H38O4S. The van der Waals surface area contributed by atoms with Crippen LogP contribution < -0.4 is 4.74 Å². The molecule has 176 valence electrons. The monoisotopic (exact) mass is 458 g/mol. The highest BCUT2D eigenvalue weighted by molar-refractivity contribution is 7.86. The average Bonchev–Trinajstić information content (AvgIpc) is 2.77. The molecule has 2 unspecified atom stereocenters. The van der Waals surface area contributed by atoms with Crippen molar-refractivity contribution in [2.24, 2.45) is 28.1 Å². The first-order chi connectivity index (χ1) is 15.1. The number of methoxy groups -OCH3 is 1. The van der Waals surface area contributed by atoms with Gasteiger partial charge in [0.1, 0.15) is 5.75 Å². The van der Waals surface area contributed by atoms with E-state index in [0.29, 0.717) is 17.6 Å². The topological polar surface area (TPSA) is 52.6 Å². The van der Waals surface area contributed by atoms with Crippen LogP contribution in [0, 0.1) is 28.1 Å². The Balaban J connectivity index is 1.55. The van der Waals surface area contributed by atoms with Gasteiger partial charge in [0.2, 0.25) is 0 Å². The third kappa shape index (κ3) is 4.07. The van der Waals surface area contributed by atoms with Crippen molar-refractivity contribution in [2.45, 2.75) is 70.6 Å². The van der Waals surface area contributed by atoms with E-state index in [9.17, 15) is 8.42 Å². The summed E-state index contributed by atoms with van der Waals surface area (Å²) in [6.07, 6.45) is 12.5. The number of ether oxygens (including phenoxy) is 1. The average molecular weight is 459 g/mol. The van der Waals surface area contributed by atoms with Crippen molar-refractivity contribution >= 4 is 10.1 Å². The van der Waals surface area contributed by atoms with Crippen LogP contribution >= 0.6 is 0 Å². The van der Waals surface area contributed by atoms with Crippen LogP contribution in [-0.4, -0.2) is 22.1 Å². The van der Waals surface area contributed by atoms with Crippen LogP contribution in [0.25, 0.3) is 0 Å². The predicted octanol–water partition coefficient (Wildman–Crippen LogP) is 6.54. The standard InChI is InChI=1S/C27H38O4S/c1-6-25(2)17-14-23-20(18-25)8-13-24-26(3,15-7-16-27(23,24)4)19-31-32(28,29)22-11-9-21(30-5)10-12-22/h6,9-12,14,20,24H,1,7-8,13,15-19H2,2-5H3/t20?,24?,25-,26-,27-/m1/s1. The smallest absolute Gasteiger partial charge is 0.296 e. The van der Waals surface area contributed by atoms with Crippen LogP contribution in [-0.2, 0) is 14.3 Å². The van der Waals surface area contributed by atoms with Crippen LogP contribution in [0.1, 0.15) is 65.7 Å². The Kier molecular flexibility index (Phi) is 6.13. The van der Waals surface area contributed by atoms with Gasteiger partial charge in [-0.25, -0.2) is 0 Å². The van der Waals surface area contributed by atoms with Gasteiger partial charge in [-0.1, -0.05) is 44.9 Å². The molecule has 0 bridgehead atoms. The lowest BCUT2D eigenvalue weighted by atomic mass is 9.46. The molecule has 0 saturated heterocycles. The van der Waals surface area contributed by atoms with Crippen LogP contribution in [0.3, 0.4) is 0 Å². The lowest BCUT2D eigenvalue weighted by Crippen LogP contribution is -2.51. The largest absolute Gasteiger partial charge is 0.497 e. The van der Waals surface area contributed by atoms with Gasteiger partial charge in [-0.15, -0.1) is 6.58 Å². The molecule has 1 aromatic carbocycles.